The molecule has 52 valence electrons. The lowest BCUT2D eigenvalue weighted by atomic mass is 10.3. The number of hydrogen-bond donors (Lipinski definition) is 0. The summed E-state index contributed by atoms with van der Waals surface area (Å²) in [4.78, 5) is 4.21. The van der Waals surface area contributed by atoms with Gasteiger partial charge in [0.15, 0.2) is 0 Å². The van der Waals surface area contributed by atoms with Crippen molar-refractivity contribution in [1.82, 2.24) is 0 Å². The Hall–Kier alpha value is -1.59. The van der Waals surface area contributed by atoms with Crippen LogP contribution in [0.3, 0.4) is 0 Å². The molecule has 0 saturated carbocycles. The summed E-state index contributed by atoms with van der Waals surface area (Å²) in [5.41, 5.74) is 3.12. The van der Waals surface area contributed by atoms with Crippen LogP contribution in [-0.4, -0.2) is 0 Å². The number of nitrogens with zero attached hydrogens (tertiary/aromatic N) is 1. The lowest BCUT2D eigenvalue weighted by molar-refractivity contribution is 1.31. The minimum Gasteiger partial charge on any atom is -0.256 e. The van der Waals surface area contributed by atoms with E-state index in [1.807, 2.05) is 36.4 Å². The Balaban J connectivity index is 2.99. The number of hydrogen-bond acceptors (Lipinski definition) is 1. The van der Waals surface area contributed by atoms with Gasteiger partial charge in [-0.2, -0.15) is 0 Å². The van der Waals surface area contributed by atoms with Crippen LogP contribution in [0.2, 0.25) is 0 Å². The first-order chi connectivity index (χ1) is 5.47. The third kappa shape index (κ3) is 1.14. The molecule has 1 heterocycles. The largest absolute Gasteiger partial charge is 0.256 e. The minimum absolute atomic E-state index is 0.984. The molecular formula is C10H7N. The zero-order valence-electron chi connectivity index (χ0n) is 5.99. The normalized spacial score (nSPS) is 12.7. The second-order valence-corrected chi connectivity index (χ2v) is 2.30. The van der Waals surface area contributed by atoms with E-state index in [4.69, 9.17) is 0 Å². The molecule has 0 amide bonds. The van der Waals surface area contributed by atoms with Crippen LogP contribution in [0.15, 0.2) is 47.6 Å². The van der Waals surface area contributed by atoms with Crippen molar-refractivity contribution < 1.29 is 0 Å². The molecule has 0 N–H and O–H groups in total. The Morgan fingerprint density at radius 3 is 3.09 bits per heavy atom. The highest BCUT2D eigenvalue weighted by Gasteiger charge is 1.82. The van der Waals surface area contributed by atoms with Gasteiger partial charge in [-0.25, -0.2) is 0 Å². The van der Waals surface area contributed by atoms with Gasteiger partial charge in [-0.1, -0.05) is 12.1 Å². The molecule has 0 fully saturated rings. The molecule has 1 heteroatoms. The molecule has 1 aliphatic heterocycles. The van der Waals surface area contributed by atoms with Crippen LogP contribution in [0.25, 0.3) is 5.73 Å². The van der Waals surface area contributed by atoms with Crippen LogP contribution < -0.4 is 10.6 Å². The molecule has 0 aliphatic carbocycles. The van der Waals surface area contributed by atoms with Crippen LogP contribution in [0.4, 0.5) is 0 Å². The fraction of sp³-hybridized carbons (Fsp3) is 0. The lowest BCUT2D eigenvalue weighted by Crippen LogP contribution is -2.21. The van der Waals surface area contributed by atoms with Crippen molar-refractivity contribution in [3.63, 3.8) is 0 Å². The summed E-state index contributed by atoms with van der Waals surface area (Å²) >= 11 is 0. The molecule has 1 nitrogen and oxygen atoms in total. The summed E-state index contributed by atoms with van der Waals surface area (Å²) in [6, 6.07) is 7.94. The minimum atomic E-state index is 0.984. The summed E-state index contributed by atoms with van der Waals surface area (Å²) in [5, 5.41) is 2.04. The van der Waals surface area contributed by atoms with Crippen molar-refractivity contribution in [2.75, 3.05) is 0 Å². The summed E-state index contributed by atoms with van der Waals surface area (Å²) in [6.07, 6.45) is 5.52. The highest BCUT2D eigenvalue weighted by Crippen LogP contribution is 1.79. The molecule has 0 unspecified atom stereocenters. The zero-order valence-corrected chi connectivity index (χ0v) is 5.99. The Labute approximate surface area is 64.7 Å². The van der Waals surface area contributed by atoms with E-state index >= 15 is 0 Å². The molecule has 1 aromatic rings. The first-order valence-corrected chi connectivity index (χ1v) is 3.51. The number of para-hydroxylation sites is 1. The third-order valence-corrected chi connectivity index (χ3v) is 1.54. The van der Waals surface area contributed by atoms with E-state index in [1.165, 1.54) is 0 Å². The molecule has 0 radical (unpaired) electrons. The number of benzene rings is 1. The van der Waals surface area contributed by atoms with E-state index in [0.717, 1.165) is 10.6 Å². The van der Waals surface area contributed by atoms with Crippen LogP contribution >= 0.6 is 0 Å². The fourth-order valence-electron chi connectivity index (χ4n) is 1.01. The number of fused-ring (bicyclic) bond motifs is 1. The van der Waals surface area contributed by atoms with Gasteiger partial charge in [0.05, 0.1) is 5.36 Å². The number of rotatable bonds is 0. The monoisotopic (exact) mass is 141 g/mol. The van der Waals surface area contributed by atoms with Crippen LogP contribution in [0, 0.1) is 0 Å². The lowest BCUT2D eigenvalue weighted by Gasteiger charge is -1.81. The first kappa shape index (κ1) is 6.14. The maximum Gasteiger partial charge on any atom is 0.0779 e. The molecular weight excluding hydrogens is 134 g/mol. The molecule has 0 aromatic heterocycles. The number of allylic oxidation sites excluding steroid dienone is 2. The van der Waals surface area contributed by atoms with E-state index in [-0.39, 0.29) is 0 Å². The second kappa shape index (κ2) is 2.57. The Bertz CT molecular complexity index is 434. The highest BCUT2D eigenvalue weighted by molar-refractivity contribution is 5.27. The SMILES string of the molecule is C1=CC=CN=c2ccccc2=1. The summed E-state index contributed by atoms with van der Waals surface area (Å²) < 4.78 is 0. The van der Waals surface area contributed by atoms with Crippen LogP contribution in [-0.2, 0) is 0 Å². The van der Waals surface area contributed by atoms with E-state index in [9.17, 15) is 0 Å². The Kier molecular flexibility index (Phi) is 1.43. The average molecular weight is 141 g/mol. The van der Waals surface area contributed by atoms with Gasteiger partial charge >= 0.3 is 0 Å². The molecule has 1 aromatic carbocycles. The maximum absolute atomic E-state index is 4.21. The molecule has 2 rings (SSSR count). The summed E-state index contributed by atoms with van der Waals surface area (Å²) in [5.74, 6) is 0. The van der Waals surface area contributed by atoms with Gasteiger partial charge in [-0.05, 0) is 24.3 Å². The average Bonchev–Trinajstić information content (AvgIpc) is 2.28. The summed E-state index contributed by atoms with van der Waals surface area (Å²) in [6.45, 7) is 0. The third-order valence-electron chi connectivity index (χ3n) is 1.54. The highest BCUT2D eigenvalue weighted by atomic mass is 14.7. The smallest absolute Gasteiger partial charge is 0.0779 e. The standard InChI is InChI=1S/C10H7N/c1-2-7-10-9(5-1)6-3-4-8-11-10/h1-5,7-8H. The van der Waals surface area contributed by atoms with Crippen molar-refractivity contribution in [2.24, 2.45) is 4.99 Å². The molecule has 0 saturated heterocycles. The van der Waals surface area contributed by atoms with E-state index in [1.54, 1.807) is 6.20 Å². The van der Waals surface area contributed by atoms with Gasteiger partial charge in [-0.15, -0.1) is 5.73 Å². The molecule has 0 bridgehead atoms. The van der Waals surface area contributed by atoms with Crippen molar-refractivity contribution in [3.05, 3.63) is 53.2 Å². The van der Waals surface area contributed by atoms with Gasteiger partial charge in [-0.3, -0.25) is 4.99 Å². The van der Waals surface area contributed by atoms with Gasteiger partial charge in [0.2, 0.25) is 0 Å². The van der Waals surface area contributed by atoms with E-state index < -0.39 is 0 Å². The predicted molar refractivity (Wildman–Crippen MR) is 44.3 cm³/mol. The topological polar surface area (TPSA) is 12.4 Å². The van der Waals surface area contributed by atoms with Gasteiger partial charge in [0, 0.05) is 11.4 Å². The van der Waals surface area contributed by atoms with E-state index in [0.29, 0.717) is 0 Å². The maximum atomic E-state index is 4.21. The van der Waals surface area contributed by atoms with Crippen molar-refractivity contribution in [2.45, 2.75) is 0 Å². The summed E-state index contributed by atoms with van der Waals surface area (Å²) in [7, 11) is 0. The Morgan fingerprint density at radius 2 is 2.09 bits per heavy atom. The van der Waals surface area contributed by atoms with Crippen molar-refractivity contribution in [3.8, 4) is 0 Å². The van der Waals surface area contributed by atoms with Gasteiger partial charge in [0.25, 0.3) is 0 Å². The van der Waals surface area contributed by atoms with E-state index in [2.05, 4.69) is 10.7 Å². The van der Waals surface area contributed by atoms with Crippen molar-refractivity contribution >= 4 is 5.73 Å². The van der Waals surface area contributed by atoms with Gasteiger partial charge in [0.1, 0.15) is 0 Å². The molecule has 1 aliphatic rings. The quantitative estimate of drug-likeness (QED) is 0.506. The van der Waals surface area contributed by atoms with Crippen LogP contribution in [0.1, 0.15) is 0 Å². The predicted octanol–water partition coefficient (Wildman–Crippen LogP) is 0.769. The first-order valence-electron chi connectivity index (χ1n) is 3.51. The molecule has 0 atom stereocenters. The van der Waals surface area contributed by atoms with Crippen molar-refractivity contribution in [1.29, 1.82) is 0 Å². The molecule has 11 heavy (non-hydrogen) atoms. The fourth-order valence-corrected chi connectivity index (χ4v) is 1.01. The van der Waals surface area contributed by atoms with Gasteiger partial charge < -0.3 is 0 Å². The zero-order chi connectivity index (χ0) is 7.52. The second-order valence-electron chi connectivity index (χ2n) is 2.30. The Morgan fingerprint density at radius 1 is 1.18 bits per heavy atom. The van der Waals surface area contributed by atoms with Crippen LogP contribution in [0.5, 0.6) is 0 Å². The molecule has 0 spiro atoms.